The number of nitrogens with one attached hydrogen (secondary N) is 3. The van der Waals surface area contributed by atoms with Crippen LogP contribution >= 0.6 is 0 Å². The monoisotopic (exact) mass is 387 g/mol. The molecule has 6 nitrogen and oxygen atoms in total. The van der Waals surface area contributed by atoms with E-state index in [-0.39, 0.29) is 0 Å². The van der Waals surface area contributed by atoms with E-state index < -0.39 is 0 Å². The Kier molecular flexibility index (Phi) is 5.90. The summed E-state index contributed by atoms with van der Waals surface area (Å²) in [7, 11) is 1.68. The van der Waals surface area contributed by atoms with Crippen molar-refractivity contribution >= 4 is 22.7 Å². The summed E-state index contributed by atoms with van der Waals surface area (Å²) in [5.74, 6) is 2.33. The van der Waals surface area contributed by atoms with Crippen molar-refractivity contribution in [3.8, 4) is 5.75 Å². The minimum absolute atomic E-state index is 0.635. The molecular weight excluding hydrogens is 362 g/mol. The molecule has 6 heteroatoms. The number of ether oxygens (including phenoxy) is 1. The Morgan fingerprint density at radius 2 is 1.76 bits per heavy atom. The zero-order valence-corrected chi connectivity index (χ0v) is 16.5. The van der Waals surface area contributed by atoms with Crippen LogP contribution in [0.25, 0.3) is 10.9 Å². The highest BCUT2D eigenvalue weighted by molar-refractivity contribution is 5.83. The third-order valence-corrected chi connectivity index (χ3v) is 4.89. The van der Waals surface area contributed by atoms with Crippen LogP contribution in [0.1, 0.15) is 11.1 Å². The number of aromatic nitrogens is 3. The molecule has 0 fully saturated rings. The molecule has 0 aliphatic rings. The van der Waals surface area contributed by atoms with Gasteiger partial charge in [-0.05, 0) is 48.2 Å². The van der Waals surface area contributed by atoms with Gasteiger partial charge >= 0.3 is 0 Å². The number of anilines is 2. The fraction of sp³-hybridized carbons (Fsp3) is 0.217. The van der Waals surface area contributed by atoms with Crippen LogP contribution in [0.4, 0.5) is 11.8 Å². The first-order valence-corrected chi connectivity index (χ1v) is 9.80. The van der Waals surface area contributed by atoms with Crippen molar-refractivity contribution in [1.29, 1.82) is 0 Å². The number of hydrogen-bond donors (Lipinski definition) is 3. The van der Waals surface area contributed by atoms with E-state index in [0.29, 0.717) is 5.95 Å². The van der Waals surface area contributed by atoms with Gasteiger partial charge in [0.2, 0.25) is 5.95 Å². The molecule has 2 aromatic heterocycles. The van der Waals surface area contributed by atoms with Crippen molar-refractivity contribution in [3.05, 3.63) is 78.1 Å². The molecule has 2 aromatic carbocycles. The summed E-state index contributed by atoms with van der Waals surface area (Å²) in [5, 5.41) is 7.96. The molecule has 3 N–H and O–H groups in total. The third-order valence-electron chi connectivity index (χ3n) is 4.89. The molecule has 4 aromatic rings. The maximum absolute atomic E-state index is 5.19. The highest BCUT2D eigenvalue weighted by Crippen LogP contribution is 2.18. The predicted molar refractivity (Wildman–Crippen MR) is 118 cm³/mol. The van der Waals surface area contributed by atoms with Crippen LogP contribution in [0.5, 0.6) is 5.75 Å². The van der Waals surface area contributed by atoms with Gasteiger partial charge in [-0.2, -0.15) is 4.98 Å². The summed E-state index contributed by atoms with van der Waals surface area (Å²) < 4.78 is 5.19. The predicted octanol–water partition coefficient (Wildman–Crippen LogP) is 4.28. The Bertz CT molecular complexity index is 1060. The third kappa shape index (κ3) is 4.85. The van der Waals surface area contributed by atoms with Crippen LogP contribution in [0.3, 0.4) is 0 Å². The number of hydrogen-bond acceptors (Lipinski definition) is 5. The van der Waals surface area contributed by atoms with Crippen molar-refractivity contribution in [3.63, 3.8) is 0 Å². The fourth-order valence-electron chi connectivity index (χ4n) is 3.32. The largest absolute Gasteiger partial charge is 0.497 e. The lowest BCUT2D eigenvalue weighted by atomic mass is 10.1. The molecule has 0 bridgehead atoms. The van der Waals surface area contributed by atoms with E-state index >= 15 is 0 Å². The molecule has 4 rings (SSSR count). The Balaban J connectivity index is 1.27. The van der Waals surface area contributed by atoms with Gasteiger partial charge in [0.05, 0.1) is 7.11 Å². The normalized spacial score (nSPS) is 10.8. The molecule has 148 valence electrons. The number of nitrogens with zero attached hydrogens (tertiary/aromatic N) is 2. The number of para-hydroxylation sites is 1. The van der Waals surface area contributed by atoms with Gasteiger partial charge in [-0.3, -0.25) is 0 Å². The molecule has 0 aliphatic heterocycles. The van der Waals surface area contributed by atoms with Gasteiger partial charge in [-0.15, -0.1) is 0 Å². The molecule has 0 saturated heterocycles. The summed E-state index contributed by atoms with van der Waals surface area (Å²) >= 11 is 0. The lowest BCUT2D eigenvalue weighted by Crippen LogP contribution is -2.10. The number of H-pyrrole nitrogens is 1. The Morgan fingerprint density at radius 1 is 0.931 bits per heavy atom. The number of fused-ring (bicyclic) bond motifs is 1. The van der Waals surface area contributed by atoms with Crippen molar-refractivity contribution in [2.45, 2.75) is 12.8 Å². The molecule has 0 aliphatic carbocycles. The number of benzene rings is 2. The first kappa shape index (κ1) is 18.8. The molecule has 0 amide bonds. The second kappa shape index (κ2) is 9.10. The van der Waals surface area contributed by atoms with Crippen molar-refractivity contribution in [1.82, 2.24) is 15.0 Å². The summed E-state index contributed by atoms with van der Waals surface area (Å²) in [4.78, 5) is 12.2. The number of aromatic amines is 1. The fourth-order valence-corrected chi connectivity index (χ4v) is 3.32. The second-order valence-corrected chi connectivity index (χ2v) is 6.83. The van der Waals surface area contributed by atoms with E-state index in [9.17, 15) is 0 Å². The molecule has 2 heterocycles. The van der Waals surface area contributed by atoms with Crippen LogP contribution in [0.15, 0.2) is 67.0 Å². The van der Waals surface area contributed by atoms with Crippen LogP contribution in [-0.4, -0.2) is 35.2 Å². The SMILES string of the molecule is COc1ccc(CCNc2nccc(NCCc3c[nH]c4ccccc34)n2)cc1. The molecule has 0 unspecified atom stereocenters. The first-order valence-electron chi connectivity index (χ1n) is 9.80. The standard InChI is InChI=1S/C23H25N5O/c1-29-19-8-6-17(7-9-19)10-13-25-23-26-15-12-22(28-23)24-14-11-18-16-27-21-5-3-2-4-20(18)21/h2-9,12,15-16,27H,10-11,13-14H2,1H3,(H2,24,25,26,28). The lowest BCUT2D eigenvalue weighted by molar-refractivity contribution is 0.414. The second-order valence-electron chi connectivity index (χ2n) is 6.83. The van der Waals surface area contributed by atoms with Gasteiger partial charge in [0.1, 0.15) is 11.6 Å². The average molecular weight is 387 g/mol. The van der Waals surface area contributed by atoms with Gasteiger partial charge in [0.15, 0.2) is 0 Å². The van der Waals surface area contributed by atoms with E-state index in [1.807, 2.05) is 24.3 Å². The summed E-state index contributed by atoms with van der Waals surface area (Å²) in [5.41, 5.74) is 3.72. The minimum Gasteiger partial charge on any atom is -0.497 e. The van der Waals surface area contributed by atoms with Crippen molar-refractivity contribution in [2.75, 3.05) is 30.8 Å². The highest BCUT2D eigenvalue weighted by Gasteiger charge is 2.04. The van der Waals surface area contributed by atoms with Gasteiger partial charge < -0.3 is 20.4 Å². The molecule has 29 heavy (non-hydrogen) atoms. The van der Waals surface area contributed by atoms with E-state index in [0.717, 1.165) is 37.5 Å². The first-order chi connectivity index (χ1) is 14.3. The van der Waals surface area contributed by atoms with E-state index in [1.54, 1.807) is 13.3 Å². The Labute approximate surface area is 170 Å². The van der Waals surface area contributed by atoms with Gasteiger partial charge in [0, 0.05) is 36.4 Å². The molecule has 0 spiro atoms. The summed E-state index contributed by atoms with van der Waals surface area (Å²) in [6.07, 6.45) is 5.68. The topological polar surface area (TPSA) is 74.9 Å². The zero-order chi connectivity index (χ0) is 19.9. The number of methoxy groups -OCH3 is 1. The maximum atomic E-state index is 5.19. The quantitative estimate of drug-likeness (QED) is 0.400. The maximum Gasteiger partial charge on any atom is 0.224 e. The zero-order valence-electron chi connectivity index (χ0n) is 16.5. The molecule has 0 atom stereocenters. The minimum atomic E-state index is 0.635. The average Bonchev–Trinajstić information content (AvgIpc) is 3.18. The Hall–Kier alpha value is -3.54. The highest BCUT2D eigenvalue weighted by atomic mass is 16.5. The van der Waals surface area contributed by atoms with E-state index in [4.69, 9.17) is 4.74 Å². The van der Waals surface area contributed by atoms with Gasteiger partial charge in [-0.1, -0.05) is 30.3 Å². The van der Waals surface area contributed by atoms with Crippen LogP contribution in [0, 0.1) is 0 Å². The Morgan fingerprint density at radius 3 is 2.62 bits per heavy atom. The van der Waals surface area contributed by atoms with E-state index in [1.165, 1.54) is 22.0 Å². The van der Waals surface area contributed by atoms with Gasteiger partial charge in [-0.25, -0.2) is 4.98 Å². The van der Waals surface area contributed by atoms with Crippen molar-refractivity contribution < 1.29 is 4.74 Å². The van der Waals surface area contributed by atoms with Crippen molar-refractivity contribution in [2.24, 2.45) is 0 Å². The van der Waals surface area contributed by atoms with Crippen LogP contribution in [-0.2, 0) is 12.8 Å². The van der Waals surface area contributed by atoms with Gasteiger partial charge in [0.25, 0.3) is 0 Å². The molecule has 0 radical (unpaired) electrons. The lowest BCUT2D eigenvalue weighted by Gasteiger charge is -2.09. The van der Waals surface area contributed by atoms with Crippen LogP contribution < -0.4 is 15.4 Å². The smallest absolute Gasteiger partial charge is 0.224 e. The molecular formula is C23H25N5O. The van der Waals surface area contributed by atoms with E-state index in [2.05, 4.69) is 62.1 Å². The number of rotatable bonds is 9. The summed E-state index contributed by atoms with van der Waals surface area (Å²) in [6.45, 7) is 1.58. The van der Waals surface area contributed by atoms with Crippen LogP contribution in [0.2, 0.25) is 0 Å². The summed E-state index contributed by atoms with van der Waals surface area (Å²) in [6, 6.07) is 18.4. The molecule has 0 saturated carbocycles.